The summed E-state index contributed by atoms with van der Waals surface area (Å²) in [6, 6.07) is 0. The van der Waals surface area contributed by atoms with E-state index in [2.05, 4.69) is 37.9 Å². The summed E-state index contributed by atoms with van der Waals surface area (Å²) in [4.78, 5) is 2.47. The summed E-state index contributed by atoms with van der Waals surface area (Å²) in [5.74, 6) is 0. The number of hydrogen-bond acceptors (Lipinski definition) is 3. The number of hydrogen-bond donors (Lipinski definition) is 1. The first-order valence-electron chi connectivity index (χ1n) is 5.58. The molecule has 1 aliphatic heterocycles. The molecule has 0 aliphatic carbocycles. The Balaban J connectivity index is 2.18. The summed E-state index contributed by atoms with van der Waals surface area (Å²) in [7, 11) is 0. The molecule has 14 heavy (non-hydrogen) atoms. The van der Waals surface area contributed by atoms with Crippen LogP contribution < -0.4 is 5.32 Å². The Morgan fingerprint density at radius 2 is 2.14 bits per heavy atom. The van der Waals surface area contributed by atoms with Crippen molar-refractivity contribution in [3.63, 3.8) is 0 Å². The van der Waals surface area contributed by atoms with E-state index in [9.17, 15) is 0 Å². The van der Waals surface area contributed by atoms with Crippen LogP contribution in [-0.4, -0.2) is 49.3 Å². The minimum absolute atomic E-state index is 0.260. The van der Waals surface area contributed by atoms with Crippen LogP contribution in [0.3, 0.4) is 0 Å². The largest absolute Gasteiger partial charge is 0.377 e. The Kier molecular flexibility index (Phi) is 4.35. The van der Waals surface area contributed by atoms with Crippen molar-refractivity contribution in [1.82, 2.24) is 10.2 Å². The SMILES string of the molecule is CC(C)OCCN1CCNC(C)(C)C1. The minimum Gasteiger partial charge on any atom is -0.377 e. The molecule has 0 radical (unpaired) electrons. The van der Waals surface area contributed by atoms with Crippen molar-refractivity contribution in [2.45, 2.75) is 39.3 Å². The Bertz CT molecular complexity index is 169. The normalized spacial score (nSPS) is 22.9. The Hall–Kier alpha value is -0.120. The molecule has 0 atom stereocenters. The molecule has 1 saturated heterocycles. The molecule has 3 nitrogen and oxygen atoms in total. The molecule has 0 amide bonds. The maximum absolute atomic E-state index is 5.55. The summed E-state index contributed by atoms with van der Waals surface area (Å²) >= 11 is 0. The maximum atomic E-state index is 5.55. The lowest BCUT2D eigenvalue weighted by atomic mass is 10.0. The third-order valence-corrected chi connectivity index (χ3v) is 2.51. The fraction of sp³-hybridized carbons (Fsp3) is 1.00. The van der Waals surface area contributed by atoms with Crippen LogP contribution in [0.15, 0.2) is 0 Å². The number of ether oxygens (including phenoxy) is 1. The van der Waals surface area contributed by atoms with Gasteiger partial charge >= 0.3 is 0 Å². The van der Waals surface area contributed by atoms with Crippen LogP contribution in [0.4, 0.5) is 0 Å². The van der Waals surface area contributed by atoms with Crippen molar-refractivity contribution < 1.29 is 4.74 Å². The van der Waals surface area contributed by atoms with Crippen LogP contribution in [0, 0.1) is 0 Å². The first-order chi connectivity index (χ1) is 6.49. The van der Waals surface area contributed by atoms with Gasteiger partial charge in [-0.05, 0) is 27.7 Å². The Morgan fingerprint density at radius 3 is 2.71 bits per heavy atom. The number of rotatable bonds is 4. The van der Waals surface area contributed by atoms with Gasteiger partial charge in [0.25, 0.3) is 0 Å². The lowest BCUT2D eigenvalue weighted by Crippen LogP contribution is -2.57. The zero-order valence-corrected chi connectivity index (χ0v) is 9.97. The summed E-state index contributed by atoms with van der Waals surface area (Å²) < 4.78 is 5.55. The molecule has 0 saturated carbocycles. The van der Waals surface area contributed by atoms with Crippen molar-refractivity contribution in [2.24, 2.45) is 0 Å². The smallest absolute Gasteiger partial charge is 0.0596 e. The van der Waals surface area contributed by atoms with Gasteiger partial charge in [-0.1, -0.05) is 0 Å². The van der Waals surface area contributed by atoms with Gasteiger partial charge in [-0.15, -0.1) is 0 Å². The van der Waals surface area contributed by atoms with Gasteiger partial charge in [0.1, 0.15) is 0 Å². The van der Waals surface area contributed by atoms with Crippen LogP contribution in [0.25, 0.3) is 0 Å². The first kappa shape index (κ1) is 12.0. The molecular weight excluding hydrogens is 176 g/mol. The molecular formula is C11H24N2O. The van der Waals surface area contributed by atoms with E-state index in [0.29, 0.717) is 6.10 Å². The van der Waals surface area contributed by atoms with Crippen LogP contribution >= 0.6 is 0 Å². The molecule has 0 bridgehead atoms. The predicted octanol–water partition coefficient (Wildman–Crippen LogP) is 1.10. The highest BCUT2D eigenvalue weighted by Gasteiger charge is 2.24. The fourth-order valence-electron chi connectivity index (χ4n) is 1.85. The van der Waals surface area contributed by atoms with E-state index in [1.807, 2.05) is 0 Å². The van der Waals surface area contributed by atoms with Crippen LogP contribution in [0.1, 0.15) is 27.7 Å². The third-order valence-electron chi connectivity index (χ3n) is 2.51. The molecule has 1 N–H and O–H groups in total. The molecule has 0 aromatic rings. The van der Waals surface area contributed by atoms with Gasteiger partial charge < -0.3 is 10.1 Å². The lowest BCUT2D eigenvalue weighted by Gasteiger charge is -2.39. The van der Waals surface area contributed by atoms with Gasteiger partial charge in [-0.25, -0.2) is 0 Å². The lowest BCUT2D eigenvalue weighted by molar-refractivity contribution is 0.0465. The van der Waals surface area contributed by atoms with E-state index < -0.39 is 0 Å². The summed E-state index contributed by atoms with van der Waals surface area (Å²) in [6.07, 6.45) is 0.353. The molecule has 0 unspecified atom stereocenters. The van der Waals surface area contributed by atoms with Gasteiger partial charge in [0.05, 0.1) is 12.7 Å². The monoisotopic (exact) mass is 200 g/mol. The van der Waals surface area contributed by atoms with E-state index in [0.717, 1.165) is 32.8 Å². The molecule has 0 aromatic carbocycles. The van der Waals surface area contributed by atoms with Gasteiger partial charge in [0, 0.05) is 31.7 Å². The van der Waals surface area contributed by atoms with Crippen LogP contribution in [0.2, 0.25) is 0 Å². The zero-order valence-electron chi connectivity index (χ0n) is 9.97. The highest BCUT2D eigenvalue weighted by molar-refractivity contribution is 4.86. The number of nitrogens with zero attached hydrogens (tertiary/aromatic N) is 1. The Labute approximate surface area is 87.8 Å². The first-order valence-corrected chi connectivity index (χ1v) is 5.58. The van der Waals surface area contributed by atoms with E-state index in [1.54, 1.807) is 0 Å². The van der Waals surface area contributed by atoms with Crippen molar-refractivity contribution in [3.8, 4) is 0 Å². The standard InChI is InChI=1S/C11H24N2O/c1-10(2)14-8-7-13-6-5-12-11(3,4)9-13/h10,12H,5-9H2,1-4H3. The number of nitrogens with one attached hydrogen (secondary N) is 1. The summed E-state index contributed by atoms with van der Waals surface area (Å²) in [5, 5.41) is 3.51. The summed E-state index contributed by atoms with van der Waals surface area (Å²) in [5.41, 5.74) is 0.260. The Morgan fingerprint density at radius 1 is 1.43 bits per heavy atom. The molecule has 1 heterocycles. The maximum Gasteiger partial charge on any atom is 0.0596 e. The zero-order chi connectivity index (χ0) is 10.6. The fourth-order valence-corrected chi connectivity index (χ4v) is 1.85. The van der Waals surface area contributed by atoms with Gasteiger partial charge in [-0.2, -0.15) is 0 Å². The second-order valence-electron chi connectivity index (χ2n) is 5.01. The van der Waals surface area contributed by atoms with Crippen LogP contribution in [0.5, 0.6) is 0 Å². The van der Waals surface area contributed by atoms with E-state index in [1.165, 1.54) is 0 Å². The minimum atomic E-state index is 0.260. The van der Waals surface area contributed by atoms with Crippen molar-refractivity contribution >= 4 is 0 Å². The molecule has 1 rings (SSSR count). The third kappa shape index (κ3) is 4.40. The molecule has 3 heteroatoms. The quantitative estimate of drug-likeness (QED) is 0.735. The molecule has 84 valence electrons. The van der Waals surface area contributed by atoms with Crippen molar-refractivity contribution in [1.29, 1.82) is 0 Å². The van der Waals surface area contributed by atoms with Gasteiger partial charge in [-0.3, -0.25) is 4.90 Å². The van der Waals surface area contributed by atoms with E-state index in [4.69, 9.17) is 4.74 Å². The average Bonchev–Trinajstić information content (AvgIpc) is 2.01. The van der Waals surface area contributed by atoms with Crippen molar-refractivity contribution in [3.05, 3.63) is 0 Å². The van der Waals surface area contributed by atoms with E-state index in [-0.39, 0.29) is 5.54 Å². The highest BCUT2D eigenvalue weighted by atomic mass is 16.5. The predicted molar refractivity (Wildman–Crippen MR) is 59.6 cm³/mol. The summed E-state index contributed by atoms with van der Waals surface area (Å²) in [6.45, 7) is 13.9. The molecule has 0 aromatic heterocycles. The number of piperazine rings is 1. The average molecular weight is 200 g/mol. The molecule has 1 aliphatic rings. The van der Waals surface area contributed by atoms with Crippen molar-refractivity contribution in [2.75, 3.05) is 32.8 Å². The van der Waals surface area contributed by atoms with Crippen LogP contribution in [-0.2, 0) is 4.74 Å². The topological polar surface area (TPSA) is 24.5 Å². The highest BCUT2D eigenvalue weighted by Crippen LogP contribution is 2.09. The van der Waals surface area contributed by atoms with Gasteiger partial charge in [0.2, 0.25) is 0 Å². The van der Waals surface area contributed by atoms with E-state index >= 15 is 0 Å². The molecule has 1 fully saturated rings. The second kappa shape index (κ2) is 5.10. The van der Waals surface area contributed by atoms with Gasteiger partial charge in [0.15, 0.2) is 0 Å². The second-order valence-corrected chi connectivity index (χ2v) is 5.01. The molecule has 0 spiro atoms.